The fraction of sp³-hybridized carbons (Fsp3) is 0.316. The van der Waals surface area contributed by atoms with E-state index in [0.717, 1.165) is 29.0 Å². The number of fused-ring (bicyclic) bond motifs is 1. The number of furan rings is 1. The van der Waals surface area contributed by atoms with Gasteiger partial charge >= 0.3 is 0 Å². The third-order valence-electron chi connectivity index (χ3n) is 3.77. The number of nitrogens with one attached hydrogen (secondary N) is 1. The van der Waals surface area contributed by atoms with Gasteiger partial charge in [0, 0.05) is 30.2 Å². The molecule has 1 atom stereocenters. The average molecular weight is 327 g/mol. The first-order valence-corrected chi connectivity index (χ1v) is 8.10. The highest BCUT2D eigenvalue weighted by Crippen LogP contribution is 2.35. The van der Waals surface area contributed by atoms with Crippen molar-refractivity contribution in [3.63, 3.8) is 0 Å². The molecule has 2 heterocycles. The molecule has 0 saturated heterocycles. The molecule has 5 heteroatoms. The lowest BCUT2D eigenvalue weighted by atomic mass is 10.1. The molecule has 1 N–H and O–H groups in total. The summed E-state index contributed by atoms with van der Waals surface area (Å²) in [5.74, 6) is 2.12. The van der Waals surface area contributed by atoms with Crippen LogP contribution >= 0.6 is 0 Å². The number of carbonyl (C=O) groups is 1. The van der Waals surface area contributed by atoms with Gasteiger partial charge in [-0.15, -0.1) is 0 Å². The highest BCUT2D eigenvalue weighted by atomic mass is 16.5. The Balaban J connectivity index is 1.67. The molecule has 1 amide bonds. The van der Waals surface area contributed by atoms with Crippen molar-refractivity contribution in [2.24, 2.45) is 0 Å². The van der Waals surface area contributed by atoms with Gasteiger partial charge in [0.2, 0.25) is 5.91 Å². The topological polar surface area (TPSA) is 60.7 Å². The largest absolute Gasteiger partial charge is 0.494 e. The fourth-order valence-electron chi connectivity index (χ4n) is 2.69. The van der Waals surface area contributed by atoms with Gasteiger partial charge in [-0.3, -0.25) is 4.79 Å². The molecule has 24 heavy (non-hydrogen) atoms. The standard InChI is InChI=1S/C19H21NO4/c1-3-22-17-10-14-9-13(2)24-18(14)11-15(17)12-20-19(21)7-6-16-5-4-8-23-16/h4-8,10-11,13H,3,9,12H2,1-2H3,(H,20,21)/b7-6+/t13-/m0/s1. The summed E-state index contributed by atoms with van der Waals surface area (Å²) in [6, 6.07) is 7.54. The summed E-state index contributed by atoms with van der Waals surface area (Å²) in [6.07, 6.45) is 5.71. The zero-order valence-electron chi connectivity index (χ0n) is 13.9. The van der Waals surface area contributed by atoms with Crippen LogP contribution in [-0.2, 0) is 17.8 Å². The summed E-state index contributed by atoms with van der Waals surface area (Å²) in [4.78, 5) is 12.0. The molecule has 1 aliphatic rings. The molecule has 1 aliphatic heterocycles. The van der Waals surface area contributed by atoms with Gasteiger partial charge in [0.15, 0.2) is 0 Å². The van der Waals surface area contributed by atoms with Crippen molar-refractivity contribution in [3.8, 4) is 11.5 Å². The number of ether oxygens (including phenoxy) is 2. The maximum Gasteiger partial charge on any atom is 0.244 e. The molecule has 0 spiro atoms. The van der Waals surface area contributed by atoms with E-state index in [4.69, 9.17) is 13.9 Å². The lowest BCUT2D eigenvalue weighted by Crippen LogP contribution is -2.20. The molecule has 0 aliphatic carbocycles. The second kappa shape index (κ2) is 7.25. The van der Waals surface area contributed by atoms with Gasteiger partial charge < -0.3 is 19.2 Å². The Hall–Kier alpha value is -2.69. The Bertz CT molecular complexity index is 734. The van der Waals surface area contributed by atoms with Crippen molar-refractivity contribution in [2.75, 3.05) is 6.61 Å². The van der Waals surface area contributed by atoms with E-state index in [1.807, 2.05) is 26.0 Å². The second-order valence-electron chi connectivity index (χ2n) is 5.70. The number of hydrogen-bond donors (Lipinski definition) is 1. The van der Waals surface area contributed by atoms with E-state index in [1.165, 1.54) is 6.08 Å². The van der Waals surface area contributed by atoms with Crippen molar-refractivity contribution in [2.45, 2.75) is 32.9 Å². The zero-order chi connectivity index (χ0) is 16.9. The Kier molecular flexibility index (Phi) is 4.89. The highest BCUT2D eigenvalue weighted by molar-refractivity contribution is 5.91. The number of rotatable bonds is 6. The molecule has 1 aromatic carbocycles. The van der Waals surface area contributed by atoms with Gasteiger partial charge in [0.05, 0.1) is 12.9 Å². The van der Waals surface area contributed by atoms with Gasteiger partial charge in [-0.05, 0) is 44.2 Å². The summed E-state index contributed by atoms with van der Waals surface area (Å²) in [6.45, 7) is 4.94. The SMILES string of the molecule is CCOc1cc2c(cc1CNC(=O)/C=C/c1ccco1)O[C@@H](C)C2. The van der Waals surface area contributed by atoms with E-state index in [1.54, 1.807) is 24.5 Å². The smallest absolute Gasteiger partial charge is 0.244 e. The Morgan fingerprint density at radius 1 is 1.46 bits per heavy atom. The molecular formula is C19H21NO4. The molecular weight excluding hydrogens is 306 g/mol. The molecule has 0 fully saturated rings. The minimum atomic E-state index is -0.191. The number of hydrogen-bond acceptors (Lipinski definition) is 4. The van der Waals surface area contributed by atoms with Gasteiger partial charge in [0.25, 0.3) is 0 Å². The van der Waals surface area contributed by atoms with Crippen LogP contribution in [0.1, 0.15) is 30.7 Å². The van der Waals surface area contributed by atoms with Crippen LogP contribution in [0.25, 0.3) is 6.08 Å². The summed E-state index contributed by atoms with van der Waals surface area (Å²) in [5.41, 5.74) is 2.06. The maximum atomic E-state index is 12.0. The van der Waals surface area contributed by atoms with Gasteiger partial charge in [-0.2, -0.15) is 0 Å². The summed E-state index contributed by atoms with van der Waals surface area (Å²) >= 11 is 0. The van der Waals surface area contributed by atoms with Crippen LogP contribution in [0.4, 0.5) is 0 Å². The van der Waals surface area contributed by atoms with Crippen LogP contribution in [0.2, 0.25) is 0 Å². The molecule has 0 unspecified atom stereocenters. The Morgan fingerprint density at radius 3 is 3.08 bits per heavy atom. The number of carbonyl (C=O) groups excluding carboxylic acids is 1. The summed E-state index contributed by atoms with van der Waals surface area (Å²) in [7, 11) is 0. The van der Waals surface area contributed by atoms with E-state index >= 15 is 0 Å². The average Bonchev–Trinajstić information content (AvgIpc) is 3.19. The van der Waals surface area contributed by atoms with Crippen LogP contribution in [0.3, 0.4) is 0 Å². The van der Waals surface area contributed by atoms with Crippen molar-refractivity contribution in [1.82, 2.24) is 5.32 Å². The van der Waals surface area contributed by atoms with Crippen LogP contribution in [0.15, 0.2) is 41.0 Å². The first kappa shape index (κ1) is 16.2. The van der Waals surface area contributed by atoms with Gasteiger partial charge in [0.1, 0.15) is 23.4 Å². The predicted molar refractivity (Wildman–Crippen MR) is 91.0 cm³/mol. The fourth-order valence-corrected chi connectivity index (χ4v) is 2.69. The van der Waals surface area contributed by atoms with Crippen LogP contribution < -0.4 is 14.8 Å². The second-order valence-corrected chi connectivity index (χ2v) is 5.70. The summed E-state index contributed by atoms with van der Waals surface area (Å²) < 4.78 is 16.7. The van der Waals surface area contributed by atoms with Crippen LogP contribution in [-0.4, -0.2) is 18.6 Å². The van der Waals surface area contributed by atoms with E-state index in [0.29, 0.717) is 18.9 Å². The Labute approximate surface area is 141 Å². The molecule has 2 aromatic rings. The molecule has 0 bridgehead atoms. The van der Waals surface area contributed by atoms with E-state index in [2.05, 4.69) is 5.32 Å². The van der Waals surface area contributed by atoms with Crippen LogP contribution in [0, 0.1) is 0 Å². The first-order valence-electron chi connectivity index (χ1n) is 8.10. The van der Waals surface area contributed by atoms with E-state index in [9.17, 15) is 4.79 Å². The molecule has 5 nitrogen and oxygen atoms in total. The zero-order valence-corrected chi connectivity index (χ0v) is 13.9. The van der Waals surface area contributed by atoms with E-state index in [-0.39, 0.29) is 12.0 Å². The minimum Gasteiger partial charge on any atom is -0.494 e. The third-order valence-corrected chi connectivity index (χ3v) is 3.77. The van der Waals surface area contributed by atoms with Crippen molar-refractivity contribution < 1.29 is 18.7 Å². The quantitative estimate of drug-likeness (QED) is 0.827. The molecule has 126 valence electrons. The monoisotopic (exact) mass is 327 g/mol. The summed E-state index contributed by atoms with van der Waals surface area (Å²) in [5, 5.41) is 2.86. The minimum absolute atomic E-state index is 0.176. The van der Waals surface area contributed by atoms with Gasteiger partial charge in [-0.25, -0.2) is 0 Å². The van der Waals surface area contributed by atoms with E-state index < -0.39 is 0 Å². The van der Waals surface area contributed by atoms with Gasteiger partial charge in [-0.1, -0.05) is 0 Å². The molecule has 1 aromatic heterocycles. The number of amides is 1. The van der Waals surface area contributed by atoms with Crippen molar-refractivity contribution in [3.05, 3.63) is 53.5 Å². The lowest BCUT2D eigenvalue weighted by Gasteiger charge is -2.12. The third kappa shape index (κ3) is 3.79. The molecule has 3 rings (SSSR count). The highest BCUT2D eigenvalue weighted by Gasteiger charge is 2.21. The predicted octanol–water partition coefficient (Wildman–Crippen LogP) is 3.33. The molecule has 0 saturated carbocycles. The first-order chi connectivity index (χ1) is 11.7. The van der Waals surface area contributed by atoms with Crippen LogP contribution in [0.5, 0.6) is 11.5 Å². The molecule has 0 radical (unpaired) electrons. The maximum absolute atomic E-state index is 12.0. The lowest BCUT2D eigenvalue weighted by molar-refractivity contribution is -0.116. The van der Waals surface area contributed by atoms with Crippen molar-refractivity contribution >= 4 is 12.0 Å². The normalized spacial score (nSPS) is 16.0. The number of benzene rings is 1. The Morgan fingerprint density at radius 2 is 2.33 bits per heavy atom. The van der Waals surface area contributed by atoms with Crippen molar-refractivity contribution in [1.29, 1.82) is 0 Å².